The van der Waals surface area contributed by atoms with Gasteiger partial charge in [0.25, 0.3) is 0 Å². The van der Waals surface area contributed by atoms with Gasteiger partial charge in [-0.25, -0.2) is 9.97 Å². The molecule has 0 saturated carbocycles. The molecule has 6 heteroatoms. The smallest absolute Gasteiger partial charge is 0.221 e. The Balaban J connectivity index is 0.00000182. The summed E-state index contributed by atoms with van der Waals surface area (Å²) >= 11 is 0. The second-order valence-electron chi connectivity index (χ2n) is 5.58. The summed E-state index contributed by atoms with van der Waals surface area (Å²) in [6.07, 6.45) is 3.40. The van der Waals surface area contributed by atoms with Crippen LogP contribution in [0, 0.1) is 13.8 Å². The van der Waals surface area contributed by atoms with Crippen molar-refractivity contribution in [1.29, 1.82) is 0 Å². The topological polar surface area (TPSA) is 76.8 Å². The van der Waals surface area contributed by atoms with E-state index in [2.05, 4.69) is 32.2 Å². The minimum atomic E-state index is 0. The number of methoxy groups -OCH3 is 1. The van der Waals surface area contributed by atoms with Crippen molar-refractivity contribution in [2.75, 3.05) is 7.11 Å². The summed E-state index contributed by atoms with van der Waals surface area (Å²) in [7, 11) is 1.62. The molecule has 128 valence electrons. The number of nitrogens with one attached hydrogen (secondary N) is 1. The largest absolute Gasteiger partial charge is 0.481 e. The molecule has 1 aromatic carbocycles. The number of hydrogen-bond donors (Lipinski definition) is 1. The molecular formula is C19H20N4O2. The van der Waals surface area contributed by atoms with Crippen LogP contribution in [0.25, 0.3) is 33.3 Å². The van der Waals surface area contributed by atoms with Crippen LogP contribution in [0.5, 0.6) is 5.88 Å². The van der Waals surface area contributed by atoms with Gasteiger partial charge in [-0.2, -0.15) is 0 Å². The van der Waals surface area contributed by atoms with Crippen molar-refractivity contribution in [3.63, 3.8) is 0 Å². The Morgan fingerprint density at radius 2 is 1.96 bits per heavy atom. The number of aryl methyl sites for hydroxylation is 2. The molecule has 0 fully saturated rings. The number of rotatable bonds is 3. The third-order valence-electron chi connectivity index (χ3n) is 4.10. The predicted molar refractivity (Wildman–Crippen MR) is 97.6 cm³/mol. The molecule has 4 rings (SSSR count). The molecule has 0 saturated heterocycles. The van der Waals surface area contributed by atoms with Gasteiger partial charge in [0.1, 0.15) is 5.76 Å². The van der Waals surface area contributed by atoms with Gasteiger partial charge in [0.05, 0.1) is 30.2 Å². The quantitative estimate of drug-likeness (QED) is 0.594. The van der Waals surface area contributed by atoms with Gasteiger partial charge in [0, 0.05) is 22.9 Å². The van der Waals surface area contributed by atoms with Gasteiger partial charge >= 0.3 is 0 Å². The summed E-state index contributed by atoms with van der Waals surface area (Å²) in [6, 6.07) is 8.00. The van der Waals surface area contributed by atoms with Crippen molar-refractivity contribution in [2.45, 2.75) is 21.3 Å². The molecular weight excluding hydrogens is 316 g/mol. The molecule has 1 N–H and O–H groups in total. The third kappa shape index (κ3) is 2.65. The van der Waals surface area contributed by atoms with Gasteiger partial charge < -0.3 is 14.2 Å². The first-order chi connectivity index (χ1) is 11.7. The van der Waals surface area contributed by atoms with Crippen molar-refractivity contribution in [2.24, 2.45) is 0 Å². The lowest BCUT2D eigenvalue weighted by Crippen LogP contribution is -1.93. The number of aromatic nitrogens is 4. The molecule has 0 spiro atoms. The summed E-state index contributed by atoms with van der Waals surface area (Å²) in [4.78, 5) is 11.9. The fourth-order valence-corrected chi connectivity index (χ4v) is 3.05. The van der Waals surface area contributed by atoms with Gasteiger partial charge in [-0.05, 0) is 43.7 Å². The van der Waals surface area contributed by atoms with Crippen molar-refractivity contribution in [3.05, 3.63) is 48.2 Å². The third-order valence-corrected chi connectivity index (χ3v) is 4.10. The fourth-order valence-electron chi connectivity index (χ4n) is 3.05. The number of nitrogens with zero attached hydrogens (tertiary/aromatic N) is 3. The van der Waals surface area contributed by atoms with Crippen LogP contribution < -0.4 is 4.74 Å². The highest BCUT2D eigenvalue weighted by Crippen LogP contribution is 2.37. The Morgan fingerprint density at radius 1 is 1.12 bits per heavy atom. The van der Waals surface area contributed by atoms with E-state index in [-0.39, 0.29) is 7.43 Å². The number of fused-ring (bicyclic) bond motifs is 1. The summed E-state index contributed by atoms with van der Waals surface area (Å²) in [5, 5.41) is 4.06. The predicted octanol–water partition coefficient (Wildman–Crippen LogP) is 4.54. The number of imidazole rings is 1. The minimum absolute atomic E-state index is 0. The van der Waals surface area contributed by atoms with E-state index in [0.717, 1.165) is 44.7 Å². The van der Waals surface area contributed by atoms with Crippen LogP contribution in [-0.4, -0.2) is 27.2 Å². The Hall–Kier alpha value is -3.15. The van der Waals surface area contributed by atoms with Crippen LogP contribution in [0.3, 0.4) is 0 Å². The van der Waals surface area contributed by atoms with E-state index >= 15 is 0 Å². The van der Waals surface area contributed by atoms with Crippen molar-refractivity contribution < 1.29 is 9.26 Å². The van der Waals surface area contributed by atoms with Crippen molar-refractivity contribution in [1.82, 2.24) is 20.1 Å². The molecule has 4 aromatic rings. The van der Waals surface area contributed by atoms with E-state index in [4.69, 9.17) is 9.26 Å². The molecule has 3 heterocycles. The van der Waals surface area contributed by atoms with Gasteiger partial charge in [0.15, 0.2) is 0 Å². The van der Waals surface area contributed by atoms with Gasteiger partial charge in [-0.1, -0.05) is 12.6 Å². The monoisotopic (exact) mass is 336 g/mol. The molecule has 0 aliphatic carbocycles. The fraction of sp³-hybridized carbons (Fsp3) is 0.211. The van der Waals surface area contributed by atoms with Crippen LogP contribution in [0.1, 0.15) is 18.9 Å². The number of benzene rings is 1. The van der Waals surface area contributed by atoms with Crippen molar-refractivity contribution in [3.8, 4) is 28.1 Å². The zero-order chi connectivity index (χ0) is 16.7. The lowest BCUT2D eigenvalue weighted by Gasteiger charge is -2.10. The Kier molecular flexibility index (Phi) is 4.27. The van der Waals surface area contributed by atoms with E-state index in [1.807, 2.05) is 26.0 Å². The SMILES string of the molecule is C.COc1ncccc1-c1cc(-c2c(C)noc2C)cc2[nH]cnc12. The van der Waals surface area contributed by atoms with Gasteiger partial charge in [0.2, 0.25) is 5.88 Å². The zero-order valence-electron chi connectivity index (χ0n) is 13.6. The highest BCUT2D eigenvalue weighted by molar-refractivity contribution is 5.97. The minimum Gasteiger partial charge on any atom is -0.481 e. The molecule has 0 atom stereocenters. The maximum Gasteiger partial charge on any atom is 0.221 e. The highest BCUT2D eigenvalue weighted by atomic mass is 16.5. The van der Waals surface area contributed by atoms with Crippen LogP contribution in [0.4, 0.5) is 0 Å². The molecule has 0 aliphatic heterocycles. The average Bonchev–Trinajstić information content (AvgIpc) is 3.20. The summed E-state index contributed by atoms with van der Waals surface area (Å²) in [5.41, 5.74) is 6.53. The van der Waals surface area contributed by atoms with Gasteiger partial charge in [-0.3, -0.25) is 0 Å². The van der Waals surface area contributed by atoms with E-state index in [9.17, 15) is 0 Å². The van der Waals surface area contributed by atoms with E-state index in [1.165, 1.54) is 0 Å². The number of hydrogen-bond acceptors (Lipinski definition) is 5. The Morgan fingerprint density at radius 3 is 2.68 bits per heavy atom. The normalized spacial score (nSPS) is 10.7. The first-order valence-electron chi connectivity index (χ1n) is 7.59. The molecule has 6 nitrogen and oxygen atoms in total. The van der Waals surface area contributed by atoms with E-state index < -0.39 is 0 Å². The summed E-state index contributed by atoms with van der Waals surface area (Å²) in [5.74, 6) is 1.35. The van der Waals surface area contributed by atoms with Crippen LogP contribution >= 0.6 is 0 Å². The van der Waals surface area contributed by atoms with Crippen LogP contribution in [-0.2, 0) is 0 Å². The highest BCUT2D eigenvalue weighted by Gasteiger charge is 2.17. The molecule has 0 aliphatic rings. The number of pyridine rings is 1. The molecule has 3 aromatic heterocycles. The standard InChI is InChI=1S/C18H16N4O2.CH4/c1-10-16(11(2)24-22-10)12-7-14(17-15(8-12)20-9-21-17)13-5-4-6-19-18(13)23-3;/h4-9H,1-3H3,(H,20,21);1H4. The van der Waals surface area contributed by atoms with E-state index in [0.29, 0.717) is 5.88 Å². The first-order valence-corrected chi connectivity index (χ1v) is 7.59. The average molecular weight is 336 g/mol. The number of aromatic amines is 1. The second kappa shape index (κ2) is 6.39. The Labute approximate surface area is 145 Å². The van der Waals surface area contributed by atoms with Crippen molar-refractivity contribution >= 4 is 11.0 Å². The lowest BCUT2D eigenvalue weighted by atomic mass is 9.97. The maximum atomic E-state index is 5.42. The number of ether oxygens (including phenoxy) is 1. The zero-order valence-corrected chi connectivity index (χ0v) is 13.6. The molecule has 0 radical (unpaired) electrons. The maximum absolute atomic E-state index is 5.42. The van der Waals surface area contributed by atoms with Gasteiger partial charge in [-0.15, -0.1) is 0 Å². The summed E-state index contributed by atoms with van der Waals surface area (Å²) in [6.45, 7) is 3.85. The first kappa shape index (κ1) is 16.7. The number of H-pyrrole nitrogens is 1. The molecule has 0 bridgehead atoms. The molecule has 0 amide bonds. The summed E-state index contributed by atoms with van der Waals surface area (Å²) < 4.78 is 10.7. The van der Waals surface area contributed by atoms with E-state index in [1.54, 1.807) is 19.6 Å². The van der Waals surface area contributed by atoms with Crippen LogP contribution in [0.15, 0.2) is 41.3 Å². The molecule has 0 unspecified atom stereocenters. The lowest BCUT2D eigenvalue weighted by molar-refractivity contribution is 0.393. The van der Waals surface area contributed by atoms with Crippen LogP contribution in [0.2, 0.25) is 0 Å². The second-order valence-corrected chi connectivity index (χ2v) is 5.58. The molecule has 25 heavy (non-hydrogen) atoms. The Bertz CT molecular complexity index is 1010.